The van der Waals surface area contributed by atoms with Crippen molar-refractivity contribution in [3.8, 4) is 0 Å². The van der Waals surface area contributed by atoms with E-state index in [1.54, 1.807) is 13.8 Å². The second kappa shape index (κ2) is 1.93. The number of rotatable bonds is 2. The Bertz CT molecular complexity index is 64.6. The molecule has 0 aliphatic carbocycles. The van der Waals surface area contributed by atoms with Crippen LogP contribution in [0, 0.1) is 0 Å². The van der Waals surface area contributed by atoms with E-state index in [1.807, 2.05) is 0 Å². The molecule has 0 aliphatic rings. The second-order valence-corrected chi connectivity index (χ2v) is 1.95. The van der Waals surface area contributed by atoms with Gasteiger partial charge in [0.15, 0.2) is 0 Å². The normalized spacial score (nSPS) is 10.7. The van der Waals surface area contributed by atoms with Crippen LogP contribution in [0.25, 0.3) is 0 Å². The number of amides is 1. The lowest BCUT2D eigenvalue weighted by molar-refractivity contribution is 0.450. The van der Waals surface area contributed by atoms with E-state index < -0.39 is 5.66 Å². The van der Waals surface area contributed by atoms with E-state index >= 15 is 0 Å². The van der Waals surface area contributed by atoms with E-state index in [-0.39, 0.29) is 0 Å². The summed E-state index contributed by atoms with van der Waals surface area (Å²) in [6, 6.07) is 0. The average molecular weight is 101 g/mol. The number of hydrogen-bond acceptors (Lipinski definition) is 2. The first-order valence-electron chi connectivity index (χ1n) is 1.99. The fourth-order valence-corrected chi connectivity index (χ4v) is 0.132. The smallest absolute Gasteiger partial charge is 0.310 e. The molecule has 0 atom stereocenters. The van der Waals surface area contributed by atoms with Crippen molar-refractivity contribution in [2.24, 2.45) is 5.73 Å². The van der Waals surface area contributed by atoms with Gasteiger partial charge in [0.1, 0.15) is 0 Å². The zero-order chi connectivity index (χ0) is 5.91. The molecule has 0 rings (SSSR count). The van der Waals surface area contributed by atoms with Gasteiger partial charge in [0.05, 0.1) is 5.66 Å². The topological polar surface area (TPSA) is 55.1 Å². The number of hydrogen-bond donors (Lipinski definition) is 2. The molecular formula is C4H9N2O. The van der Waals surface area contributed by atoms with Crippen molar-refractivity contribution in [3.05, 3.63) is 0 Å². The zero-order valence-electron chi connectivity index (χ0n) is 4.49. The van der Waals surface area contributed by atoms with Crippen molar-refractivity contribution in [1.82, 2.24) is 5.32 Å². The fraction of sp³-hybridized carbons (Fsp3) is 0.750. The Morgan fingerprint density at radius 1 is 1.71 bits per heavy atom. The lowest BCUT2D eigenvalue weighted by Gasteiger charge is -2.14. The predicted octanol–water partition coefficient (Wildman–Crippen LogP) is -0.662. The molecule has 3 heteroatoms. The molecule has 0 saturated carbocycles. The summed E-state index contributed by atoms with van der Waals surface area (Å²) >= 11 is 0. The van der Waals surface area contributed by atoms with Crippen LogP contribution in [0.1, 0.15) is 13.8 Å². The van der Waals surface area contributed by atoms with Gasteiger partial charge in [-0.15, -0.1) is 0 Å². The Balaban J connectivity index is 3.34. The van der Waals surface area contributed by atoms with Gasteiger partial charge in [-0.2, -0.15) is 0 Å². The molecule has 0 aromatic carbocycles. The number of carbonyl (C=O) groups excluding carboxylic acids is 1. The van der Waals surface area contributed by atoms with Gasteiger partial charge in [-0.25, -0.2) is 0 Å². The molecule has 1 amide bonds. The minimum atomic E-state index is -0.623. The summed E-state index contributed by atoms with van der Waals surface area (Å²) in [5, 5.41) is 2.26. The number of nitrogens with two attached hydrogens (primary N) is 1. The minimum absolute atomic E-state index is 0.623. The molecule has 0 aliphatic heterocycles. The fourth-order valence-electron chi connectivity index (χ4n) is 0.132. The Morgan fingerprint density at radius 2 is 2.14 bits per heavy atom. The maximum absolute atomic E-state index is 9.50. The van der Waals surface area contributed by atoms with Crippen molar-refractivity contribution in [2.75, 3.05) is 0 Å². The van der Waals surface area contributed by atoms with Crippen molar-refractivity contribution < 1.29 is 4.79 Å². The summed E-state index contributed by atoms with van der Waals surface area (Å²) in [5.41, 5.74) is 4.65. The van der Waals surface area contributed by atoms with Crippen LogP contribution in [0.5, 0.6) is 0 Å². The van der Waals surface area contributed by atoms with Gasteiger partial charge in [0.2, 0.25) is 0 Å². The highest BCUT2D eigenvalue weighted by molar-refractivity contribution is 5.48. The SMILES string of the molecule is CC(C)(N)N[C]=O. The Labute approximate surface area is 42.9 Å². The first-order chi connectivity index (χ1) is 3.06. The lowest BCUT2D eigenvalue weighted by Crippen LogP contribution is -2.46. The molecule has 0 heterocycles. The largest absolute Gasteiger partial charge is 0.331 e. The summed E-state index contributed by atoms with van der Waals surface area (Å²) in [7, 11) is 0. The predicted molar refractivity (Wildman–Crippen MR) is 27.1 cm³/mol. The molecule has 3 N–H and O–H groups in total. The van der Waals surface area contributed by atoms with Crippen molar-refractivity contribution in [1.29, 1.82) is 0 Å². The van der Waals surface area contributed by atoms with Crippen LogP contribution in [0.4, 0.5) is 0 Å². The number of nitrogens with one attached hydrogen (secondary N) is 1. The molecule has 0 fully saturated rings. The average Bonchev–Trinajstić information content (AvgIpc) is 1.30. The monoisotopic (exact) mass is 101 g/mol. The van der Waals surface area contributed by atoms with Crippen LogP contribution in [-0.2, 0) is 4.79 Å². The zero-order valence-corrected chi connectivity index (χ0v) is 4.49. The molecule has 0 aromatic rings. The summed E-state index contributed by atoms with van der Waals surface area (Å²) in [6.45, 7) is 3.36. The van der Waals surface area contributed by atoms with Crippen molar-refractivity contribution in [2.45, 2.75) is 19.5 Å². The molecule has 3 nitrogen and oxygen atoms in total. The highest BCUT2D eigenvalue weighted by Crippen LogP contribution is 1.83. The molecule has 0 spiro atoms. The Hall–Kier alpha value is -0.570. The third-order valence-electron chi connectivity index (χ3n) is 0.373. The summed E-state index contributed by atoms with van der Waals surface area (Å²) in [5.74, 6) is 0. The van der Waals surface area contributed by atoms with E-state index in [2.05, 4.69) is 5.32 Å². The molecule has 0 bridgehead atoms. The molecular weight excluding hydrogens is 92.1 g/mol. The molecule has 1 radical (unpaired) electrons. The Kier molecular flexibility index (Phi) is 1.77. The van der Waals surface area contributed by atoms with Crippen LogP contribution in [0.3, 0.4) is 0 Å². The van der Waals surface area contributed by atoms with Gasteiger partial charge >= 0.3 is 6.41 Å². The Morgan fingerprint density at radius 3 is 2.14 bits per heavy atom. The third-order valence-corrected chi connectivity index (χ3v) is 0.373. The lowest BCUT2D eigenvalue weighted by atomic mass is 10.3. The maximum atomic E-state index is 9.50. The highest BCUT2D eigenvalue weighted by Gasteiger charge is 2.05. The van der Waals surface area contributed by atoms with Gasteiger partial charge in [-0.1, -0.05) is 0 Å². The van der Waals surface area contributed by atoms with Gasteiger partial charge in [0, 0.05) is 0 Å². The van der Waals surface area contributed by atoms with Crippen LogP contribution in [0.15, 0.2) is 0 Å². The standard InChI is InChI=1S/C4H9N2O/c1-4(2,5)6-3-7/h5H2,1-2H3,(H,6,7). The van der Waals surface area contributed by atoms with Crippen LogP contribution in [0.2, 0.25) is 0 Å². The van der Waals surface area contributed by atoms with E-state index in [0.717, 1.165) is 0 Å². The first kappa shape index (κ1) is 6.43. The van der Waals surface area contributed by atoms with Crippen LogP contribution < -0.4 is 11.1 Å². The van der Waals surface area contributed by atoms with Crippen molar-refractivity contribution >= 4 is 6.41 Å². The van der Waals surface area contributed by atoms with Gasteiger partial charge < -0.3 is 11.1 Å². The molecule has 0 aromatic heterocycles. The molecule has 7 heavy (non-hydrogen) atoms. The highest BCUT2D eigenvalue weighted by atomic mass is 16.1. The van der Waals surface area contributed by atoms with Crippen LogP contribution in [-0.4, -0.2) is 12.1 Å². The van der Waals surface area contributed by atoms with E-state index in [9.17, 15) is 4.79 Å². The van der Waals surface area contributed by atoms with Gasteiger partial charge in [-0.3, -0.25) is 4.79 Å². The van der Waals surface area contributed by atoms with Gasteiger partial charge in [-0.05, 0) is 13.8 Å². The first-order valence-corrected chi connectivity index (χ1v) is 1.99. The summed E-state index contributed by atoms with van der Waals surface area (Å²) < 4.78 is 0. The van der Waals surface area contributed by atoms with E-state index in [0.29, 0.717) is 0 Å². The second-order valence-electron chi connectivity index (χ2n) is 1.95. The molecule has 0 unspecified atom stereocenters. The molecule has 41 valence electrons. The van der Waals surface area contributed by atoms with E-state index in [4.69, 9.17) is 5.73 Å². The summed E-state index contributed by atoms with van der Waals surface area (Å²) in [4.78, 5) is 9.50. The maximum Gasteiger partial charge on any atom is 0.310 e. The van der Waals surface area contributed by atoms with Gasteiger partial charge in [0.25, 0.3) is 0 Å². The molecule has 0 saturated heterocycles. The third kappa shape index (κ3) is 5.43. The van der Waals surface area contributed by atoms with E-state index in [1.165, 1.54) is 6.41 Å². The quantitative estimate of drug-likeness (QED) is 0.358. The van der Waals surface area contributed by atoms with Crippen LogP contribution >= 0.6 is 0 Å². The van der Waals surface area contributed by atoms with Crippen molar-refractivity contribution in [3.63, 3.8) is 0 Å². The summed E-state index contributed by atoms with van der Waals surface area (Å²) in [6.07, 6.45) is 1.48. The minimum Gasteiger partial charge on any atom is -0.331 e.